The highest BCUT2D eigenvalue weighted by Crippen LogP contribution is 2.32. The summed E-state index contributed by atoms with van der Waals surface area (Å²) in [6.45, 7) is 2.31. The van der Waals surface area contributed by atoms with Gasteiger partial charge in [-0.3, -0.25) is 0 Å². The van der Waals surface area contributed by atoms with Crippen LogP contribution in [0.15, 0.2) is 54.6 Å². The van der Waals surface area contributed by atoms with E-state index >= 15 is 0 Å². The fourth-order valence-electron chi connectivity index (χ4n) is 4.04. The predicted molar refractivity (Wildman–Crippen MR) is 134 cm³/mol. The molecule has 0 unspecified atom stereocenters. The first kappa shape index (κ1) is 21.4. The first-order valence-corrected chi connectivity index (χ1v) is 11.2. The zero-order valence-corrected chi connectivity index (χ0v) is 19.6. The third-order valence-electron chi connectivity index (χ3n) is 5.69. The van der Waals surface area contributed by atoms with Crippen LogP contribution < -0.4 is 10.1 Å². The van der Waals surface area contributed by atoms with Crippen LogP contribution in [-0.2, 0) is 13.1 Å². The third-order valence-corrected chi connectivity index (χ3v) is 5.93. The molecule has 0 saturated heterocycles. The van der Waals surface area contributed by atoms with Gasteiger partial charge in [0.1, 0.15) is 11.3 Å². The molecule has 0 aliphatic carbocycles. The molecule has 0 bridgehead atoms. The van der Waals surface area contributed by atoms with Gasteiger partial charge in [-0.25, -0.2) is 15.0 Å². The van der Waals surface area contributed by atoms with Crippen LogP contribution in [0.5, 0.6) is 5.88 Å². The number of rotatable bonds is 7. The molecule has 0 fully saturated rings. The molecule has 3 heterocycles. The normalized spacial score (nSPS) is 11.7. The number of methoxy groups -OCH3 is 1. The van der Waals surface area contributed by atoms with Crippen molar-refractivity contribution in [2.45, 2.75) is 13.1 Å². The number of imidazole rings is 1. The molecule has 0 spiro atoms. The van der Waals surface area contributed by atoms with E-state index in [4.69, 9.17) is 26.3 Å². The second-order valence-corrected chi connectivity index (χ2v) is 8.63. The number of anilines is 1. The number of fused-ring (bicyclic) bond motifs is 3. The first-order valence-electron chi connectivity index (χ1n) is 10.8. The van der Waals surface area contributed by atoms with E-state index in [0.29, 0.717) is 17.4 Å². The topological polar surface area (TPSA) is 68.1 Å². The lowest BCUT2D eigenvalue weighted by molar-refractivity contribution is 0.383. The zero-order valence-electron chi connectivity index (χ0n) is 18.8. The van der Waals surface area contributed by atoms with Crippen molar-refractivity contribution in [3.05, 3.63) is 65.4 Å². The number of hydrogen-bond acceptors (Lipinski definition) is 6. The zero-order chi connectivity index (χ0) is 22.9. The van der Waals surface area contributed by atoms with Crippen LogP contribution in [-0.4, -0.2) is 52.2 Å². The fourth-order valence-corrected chi connectivity index (χ4v) is 4.21. The standard InChI is InChI=1S/C25H25ClN6O/c1-31(2)12-13-32-21-7-5-4-6-18(21)29-22(32)15-27-24-17-9-8-16(26)14-20(17)28-19-10-11-23(33-3)30-25(19)24/h4-11,14H,12-13,15H2,1-3H3,(H,27,28). The summed E-state index contributed by atoms with van der Waals surface area (Å²) in [6, 6.07) is 17.7. The minimum Gasteiger partial charge on any atom is -0.481 e. The highest BCUT2D eigenvalue weighted by atomic mass is 35.5. The minimum atomic E-state index is 0.540. The van der Waals surface area contributed by atoms with E-state index < -0.39 is 0 Å². The van der Waals surface area contributed by atoms with Gasteiger partial charge in [0.05, 0.1) is 41.4 Å². The van der Waals surface area contributed by atoms with Crippen molar-refractivity contribution in [2.24, 2.45) is 0 Å². The average molecular weight is 461 g/mol. The Morgan fingerprint density at radius 1 is 0.970 bits per heavy atom. The van der Waals surface area contributed by atoms with Crippen LogP contribution in [0.3, 0.4) is 0 Å². The van der Waals surface area contributed by atoms with Gasteiger partial charge in [0.25, 0.3) is 0 Å². The Morgan fingerprint density at radius 3 is 2.64 bits per heavy atom. The van der Waals surface area contributed by atoms with Crippen molar-refractivity contribution in [2.75, 3.05) is 33.1 Å². The van der Waals surface area contributed by atoms with Crippen LogP contribution in [0.4, 0.5) is 5.69 Å². The number of benzene rings is 2. The molecule has 1 N–H and O–H groups in total. The lowest BCUT2D eigenvalue weighted by atomic mass is 10.1. The number of aromatic nitrogens is 4. The SMILES string of the molecule is COc1ccc2nc3cc(Cl)ccc3c(NCc3nc4ccccc4n3CCN(C)C)c2n1. The Morgan fingerprint density at radius 2 is 1.82 bits per heavy atom. The monoisotopic (exact) mass is 460 g/mol. The molecule has 0 saturated carbocycles. The second kappa shape index (κ2) is 8.84. The van der Waals surface area contributed by atoms with E-state index in [9.17, 15) is 0 Å². The summed E-state index contributed by atoms with van der Waals surface area (Å²) >= 11 is 6.26. The molecule has 0 aliphatic rings. The number of hydrogen-bond donors (Lipinski definition) is 1. The quantitative estimate of drug-likeness (QED) is 0.346. The summed E-state index contributed by atoms with van der Waals surface area (Å²) in [6.07, 6.45) is 0. The van der Waals surface area contributed by atoms with Gasteiger partial charge in [0.15, 0.2) is 0 Å². The second-order valence-electron chi connectivity index (χ2n) is 8.19. The highest BCUT2D eigenvalue weighted by Gasteiger charge is 2.15. The number of nitrogens with one attached hydrogen (secondary N) is 1. The molecule has 0 amide bonds. The number of likely N-dealkylation sites (N-methyl/N-ethyl adjacent to an activating group) is 1. The van der Waals surface area contributed by atoms with Crippen LogP contribution in [0.25, 0.3) is 33.0 Å². The Kier molecular flexibility index (Phi) is 5.74. The average Bonchev–Trinajstić information content (AvgIpc) is 3.17. The smallest absolute Gasteiger partial charge is 0.213 e. The summed E-state index contributed by atoms with van der Waals surface area (Å²) in [4.78, 5) is 16.5. The van der Waals surface area contributed by atoms with Crippen LogP contribution >= 0.6 is 11.6 Å². The van der Waals surface area contributed by atoms with E-state index in [0.717, 1.165) is 57.6 Å². The predicted octanol–water partition coefficient (Wildman–Crippen LogP) is 4.97. The summed E-state index contributed by atoms with van der Waals surface area (Å²) in [7, 11) is 5.77. The van der Waals surface area contributed by atoms with Gasteiger partial charge in [0.2, 0.25) is 5.88 Å². The highest BCUT2D eigenvalue weighted by molar-refractivity contribution is 6.31. The van der Waals surface area contributed by atoms with Crippen molar-refractivity contribution in [1.82, 2.24) is 24.4 Å². The van der Waals surface area contributed by atoms with Crippen molar-refractivity contribution >= 4 is 50.3 Å². The molecule has 0 atom stereocenters. The van der Waals surface area contributed by atoms with Gasteiger partial charge < -0.3 is 19.5 Å². The van der Waals surface area contributed by atoms with Gasteiger partial charge in [-0.2, -0.15) is 0 Å². The molecule has 5 rings (SSSR count). The largest absolute Gasteiger partial charge is 0.481 e. The van der Waals surface area contributed by atoms with E-state index in [1.807, 2.05) is 36.4 Å². The number of ether oxygens (including phenoxy) is 1. The van der Waals surface area contributed by atoms with Crippen molar-refractivity contribution in [1.29, 1.82) is 0 Å². The molecule has 7 nitrogen and oxygen atoms in total. The number of para-hydroxylation sites is 2. The van der Waals surface area contributed by atoms with Gasteiger partial charge >= 0.3 is 0 Å². The van der Waals surface area contributed by atoms with E-state index in [2.05, 4.69) is 52.1 Å². The molecular weight excluding hydrogens is 436 g/mol. The van der Waals surface area contributed by atoms with Crippen molar-refractivity contribution in [3.8, 4) is 5.88 Å². The van der Waals surface area contributed by atoms with Crippen LogP contribution in [0.1, 0.15) is 5.82 Å². The Hall–Kier alpha value is -3.42. The first-order chi connectivity index (χ1) is 16.0. The van der Waals surface area contributed by atoms with Crippen molar-refractivity contribution in [3.63, 3.8) is 0 Å². The maximum Gasteiger partial charge on any atom is 0.213 e. The molecule has 3 aromatic heterocycles. The number of nitrogens with zero attached hydrogens (tertiary/aromatic N) is 5. The molecule has 2 aromatic carbocycles. The molecule has 0 radical (unpaired) electrons. The molecule has 8 heteroatoms. The van der Waals surface area contributed by atoms with E-state index in [-0.39, 0.29) is 0 Å². The minimum absolute atomic E-state index is 0.540. The Balaban J connectivity index is 1.60. The Labute approximate surface area is 197 Å². The van der Waals surface area contributed by atoms with Crippen LogP contribution in [0, 0.1) is 0 Å². The summed E-state index contributed by atoms with van der Waals surface area (Å²) in [5, 5.41) is 5.20. The lowest BCUT2D eigenvalue weighted by Gasteiger charge is -2.16. The van der Waals surface area contributed by atoms with Gasteiger partial charge in [0, 0.05) is 29.6 Å². The third kappa shape index (κ3) is 4.17. The molecular formula is C25H25ClN6O. The van der Waals surface area contributed by atoms with E-state index in [1.54, 1.807) is 7.11 Å². The molecule has 168 valence electrons. The summed E-state index contributed by atoms with van der Waals surface area (Å²) in [5.74, 6) is 1.51. The van der Waals surface area contributed by atoms with Crippen molar-refractivity contribution < 1.29 is 4.74 Å². The van der Waals surface area contributed by atoms with Gasteiger partial charge in [-0.15, -0.1) is 0 Å². The maximum absolute atomic E-state index is 6.26. The number of pyridine rings is 2. The fraction of sp³-hybridized carbons (Fsp3) is 0.240. The molecule has 5 aromatic rings. The Bertz CT molecular complexity index is 1460. The summed E-state index contributed by atoms with van der Waals surface area (Å²) < 4.78 is 7.65. The van der Waals surface area contributed by atoms with E-state index in [1.165, 1.54) is 0 Å². The van der Waals surface area contributed by atoms with Crippen LogP contribution in [0.2, 0.25) is 5.02 Å². The van der Waals surface area contributed by atoms with Gasteiger partial charge in [-0.05, 0) is 50.5 Å². The van der Waals surface area contributed by atoms with Gasteiger partial charge in [-0.1, -0.05) is 23.7 Å². The lowest BCUT2D eigenvalue weighted by Crippen LogP contribution is -2.20. The number of halogens is 1. The molecule has 0 aliphatic heterocycles. The maximum atomic E-state index is 6.26. The molecule has 33 heavy (non-hydrogen) atoms. The summed E-state index contributed by atoms with van der Waals surface area (Å²) in [5.41, 5.74) is 5.34.